The maximum atomic E-state index is 11.4. The Labute approximate surface area is 108 Å². The highest BCUT2D eigenvalue weighted by Gasteiger charge is 2.34. The maximum absolute atomic E-state index is 11.4. The van der Waals surface area contributed by atoms with Gasteiger partial charge in [-0.3, -0.25) is 0 Å². The van der Waals surface area contributed by atoms with Crippen LogP contribution in [0.2, 0.25) is 0 Å². The first-order valence-electron chi connectivity index (χ1n) is 6.13. The van der Waals surface area contributed by atoms with Gasteiger partial charge in [0.15, 0.2) is 9.84 Å². The molecule has 0 radical (unpaired) electrons. The zero-order chi connectivity index (χ0) is 13.2. The third kappa shape index (κ3) is 2.84. The molecular weight excluding hydrogens is 252 g/mol. The average Bonchev–Trinajstić information content (AvgIpc) is 2.70. The first kappa shape index (κ1) is 13.4. The van der Waals surface area contributed by atoms with Crippen LogP contribution in [0.3, 0.4) is 0 Å². The Balaban J connectivity index is 2.21. The fourth-order valence-electron chi connectivity index (χ4n) is 2.34. The highest BCUT2D eigenvalue weighted by atomic mass is 32.2. The highest BCUT2D eigenvalue weighted by molar-refractivity contribution is 7.91. The average molecular weight is 270 g/mol. The van der Waals surface area contributed by atoms with Gasteiger partial charge < -0.3 is 9.84 Å². The molecule has 2 unspecified atom stereocenters. The van der Waals surface area contributed by atoms with Gasteiger partial charge in [0.25, 0.3) is 0 Å². The predicted molar refractivity (Wildman–Crippen MR) is 69.3 cm³/mol. The van der Waals surface area contributed by atoms with E-state index >= 15 is 0 Å². The molecule has 5 heteroatoms. The Morgan fingerprint density at radius 3 is 2.78 bits per heavy atom. The molecule has 1 heterocycles. The zero-order valence-electron chi connectivity index (χ0n) is 10.4. The number of benzene rings is 1. The summed E-state index contributed by atoms with van der Waals surface area (Å²) in [6.07, 6.45) is -0.255. The summed E-state index contributed by atoms with van der Waals surface area (Å²) in [6.45, 7) is 2.40. The van der Waals surface area contributed by atoms with Gasteiger partial charge in [-0.15, -0.1) is 0 Å². The summed E-state index contributed by atoms with van der Waals surface area (Å²) < 4.78 is 28.4. The van der Waals surface area contributed by atoms with Crippen LogP contribution in [0.1, 0.15) is 25.0 Å². The minimum absolute atomic E-state index is 0.0641. The minimum atomic E-state index is -2.97. The molecule has 1 aromatic carbocycles. The van der Waals surface area contributed by atoms with Gasteiger partial charge in [0.1, 0.15) is 5.75 Å². The van der Waals surface area contributed by atoms with Crippen molar-refractivity contribution < 1.29 is 18.3 Å². The van der Waals surface area contributed by atoms with E-state index in [1.165, 1.54) is 0 Å². The topological polar surface area (TPSA) is 63.6 Å². The molecule has 1 fully saturated rings. The van der Waals surface area contributed by atoms with Gasteiger partial charge in [0.05, 0.1) is 24.2 Å². The van der Waals surface area contributed by atoms with Gasteiger partial charge in [-0.1, -0.05) is 18.2 Å². The molecule has 100 valence electrons. The molecule has 1 saturated heterocycles. The number of hydrogen-bond donors (Lipinski definition) is 1. The summed E-state index contributed by atoms with van der Waals surface area (Å²) in [7, 11) is -2.97. The van der Waals surface area contributed by atoms with E-state index in [4.69, 9.17) is 4.74 Å². The number of aliphatic hydroxyl groups excluding tert-OH is 1. The van der Waals surface area contributed by atoms with Crippen LogP contribution >= 0.6 is 0 Å². The lowest BCUT2D eigenvalue weighted by Gasteiger charge is -2.19. The number of aliphatic hydroxyl groups is 1. The lowest BCUT2D eigenvalue weighted by Crippen LogP contribution is -2.15. The van der Waals surface area contributed by atoms with Crippen LogP contribution in [-0.2, 0) is 9.84 Å². The Morgan fingerprint density at radius 2 is 2.17 bits per heavy atom. The SMILES string of the molecule is CCOc1ccccc1C(O)C1CCS(=O)(=O)C1. The normalized spacial score (nSPS) is 23.8. The van der Waals surface area contributed by atoms with Crippen molar-refractivity contribution in [3.63, 3.8) is 0 Å². The van der Waals surface area contributed by atoms with Gasteiger partial charge in [0, 0.05) is 11.5 Å². The van der Waals surface area contributed by atoms with E-state index in [1.807, 2.05) is 19.1 Å². The van der Waals surface area contributed by atoms with Crippen LogP contribution in [0.15, 0.2) is 24.3 Å². The molecule has 1 aliphatic rings. The maximum Gasteiger partial charge on any atom is 0.150 e. The van der Waals surface area contributed by atoms with Crippen LogP contribution < -0.4 is 4.74 Å². The molecule has 0 bridgehead atoms. The van der Waals surface area contributed by atoms with Gasteiger partial charge in [-0.05, 0) is 19.4 Å². The summed E-state index contributed by atoms with van der Waals surface area (Å²) in [4.78, 5) is 0. The van der Waals surface area contributed by atoms with Gasteiger partial charge in [-0.2, -0.15) is 0 Å². The Bertz CT molecular complexity index is 509. The van der Waals surface area contributed by atoms with Crippen LogP contribution in [0.4, 0.5) is 0 Å². The molecule has 2 atom stereocenters. The second kappa shape index (κ2) is 5.28. The number of hydrogen-bond acceptors (Lipinski definition) is 4. The number of sulfone groups is 1. The molecule has 1 aliphatic heterocycles. The van der Waals surface area contributed by atoms with Crippen LogP contribution in [0.5, 0.6) is 5.75 Å². The fourth-order valence-corrected chi connectivity index (χ4v) is 4.17. The first-order valence-corrected chi connectivity index (χ1v) is 7.96. The molecule has 0 saturated carbocycles. The number of ether oxygens (including phenoxy) is 1. The molecule has 18 heavy (non-hydrogen) atoms. The monoisotopic (exact) mass is 270 g/mol. The van der Waals surface area contributed by atoms with Gasteiger partial charge in [0.2, 0.25) is 0 Å². The van der Waals surface area contributed by atoms with Gasteiger partial charge in [-0.25, -0.2) is 8.42 Å². The molecule has 0 aliphatic carbocycles. The quantitative estimate of drug-likeness (QED) is 0.901. The summed E-state index contributed by atoms with van der Waals surface area (Å²) in [6, 6.07) is 7.25. The molecular formula is C13H18O4S. The summed E-state index contributed by atoms with van der Waals surface area (Å²) in [5.74, 6) is 0.647. The van der Waals surface area contributed by atoms with Crippen molar-refractivity contribution in [2.45, 2.75) is 19.4 Å². The Kier molecular flexibility index (Phi) is 3.92. The van der Waals surface area contributed by atoms with Crippen molar-refractivity contribution in [3.8, 4) is 5.75 Å². The smallest absolute Gasteiger partial charge is 0.150 e. The Hall–Kier alpha value is -1.07. The number of para-hydroxylation sites is 1. The van der Waals surface area contributed by atoms with Crippen molar-refractivity contribution in [2.24, 2.45) is 5.92 Å². The fraction of sp³-hybridized carbons (Fsp3) is 0.538. The minimum Gasteiger partial charge on any atom is -0.493 e. The van der Waals surface area contributed by atoms with Crippen LogP contribution in [0.25, 0.3) is 0 Å². The molecule has 0 spiro atoms. The van der Waals surface area contributed by atoms with Crippen molar-refractivity contribution in [1.29, 1.82) is 0 Å². The van der Waals surface area contributed by atoms with E-state index in [9.17, 15) is 13.5 Å². The van der Waals surface area contributed by atoms with Crippen molar-refractivity contribution in [1.82, 2.24) is 0 Å². The van der Waals surface area contributed by atoms with Crippen molar-refractivity contribution in [3.05, 3.63) is 29.8 Å². The lowest BCUT2D eigenvalue weighted by atomic mass is 9.95. The molecule has 2 rings (SSSR count). The second-order valence-corrected chi connectivity index (χ2v) is 6.81. The summed E-state index contributed by atoms with van der Waals surface area (Å²) in [5.41, 5.74) is 0.682. The molecule has 0 amide bonds. The van der Waals surface area contributed by atoms with E-state index in [-0.39, 0.29) is 17.4 Å². The first-order chi connectivity index (χ1) is 8.53. The molecule has 1 N–H and O–H groups in total. The summed E-state index contributed by atoms with van der Waals surface area (Å²) in [5, 5.41) is 10.3. The third-order valence-corrected chi connectivity index (χ3v) is 5.05. The summed E-state index contributed by atoms with van der Waals surface area (Å²) >= 11 is 0. The number of rotatable bonds is 4. The van der Waals surface area contributed by atoms with Crippen molar-refractivity contribution >= 4 is 9.84 Å². The van der Waals surface area contributed by atoms with Crippen LogP contribution in [0, 0.1) is 5.92 Å². The van der Waals surface area contributed by atoms with Crippen molar-refractivity contribution in [2.75, 3.05) is 18.1 Å². The molecule has 4 nitrogen and oxygen atoms in total. The molecule has 0 aromatic heterocycles. The van der Waals surface area contributed by atoms with E-state index in [2.05, 4.69) is 0 Å². The van der Waals surface area contributed by atoms with Gasteiger partial charge >= 0.3 is 0 Å². The van der Waals surface area contributed by atoms with E-state index < -0.39 is 15.9 Å². The van der Waals surface area contributed by atoms with E-state index in [1.54, 1.807) is 12.1 Å². The predicted octanol–water partition coefficient (Wildman–Crippen LogP) is 1.55. The Morgan fingerprint density at radius 1 is 1.44 bits per heavy atom. The largest absolute Gasteiger partial charge is 0.493 e. The van der Waals surface area contributed by atoms with E-state index in [0.717, 1.165) is 0 Å². The zero-order valence-corrected chi connectivity index (χ0v) is 11.2. The third-order valence-electron chi connectivity index (χ3n) is 3.25. The van der Waals surface area contributed by atoms with Crippen LogP contribution in [-0.4, -0.2) is 31.6 Å². The van der Waals surface area contributed by atoms with E-state index in [0.29, 0.717) is 24.3 Å². The lowest BCUT2D eigenvalue weighted by molar-refractivity contribution is 0.117. The molecule has 1 aromatic rings. The standard InChI is InChI=1S/C13H18O4S/c1-2-17-12-6-4-3-5-11(12)13(14)10-7-8-18(15,16)9-10/h3-6,10,13-14H,2,7-9H2,1H3. The highest BCUT2D eigenvalue weighted by Crippen LogP contribution is 2.35. The second-order valence-electron chi connectivity index (χ2n) is 4.58.